The van der Waals surface area contributed by atoms with E-state index in [4.69, 9.17) is 4.74 Å². The summed E-state index contributed by atoms with van der Waals surface area (Å²) in [6.07, 6.45) is 0.607. The molecule has 19 heavy (non-hydrogen) atoms. The highest BCUT2D eigenvalue weighted by atomic mass is 79.9. The molecule has 0 N–H and O–H groups in total. The van der Waals surface area contributed by atoms with Crippen molar-refractivity contribution < 1.29 is 9.53 Å². The fraction of sp³-hybridized carbons (Fsp3) is 0.455. The van der Waals surface area contributed by atoms with E-state index in [1.165, 1.54) is 6.07 Å². The number of esters is 1. The predicted molar refractivity (Wildman–Crippen MR) is 71.0 cm³/mol. The molecule has 2 aromatic rings. The number of fused-ring (bicyclic) bond motifs is 1. The Bertz CT molecular complexity index is 676. The van der Waals surface area contributed by atoms with Crippen molar-refractivity contribution in [1.29, 1.82) is 0 Å². The monoisotopic (exact) mass is 328 g/mol. The summed E-state index contributed by atoms with van der Waals surface area (Å²) in [6, 6.07) is 1.45. The van der Waals surface area contributed by atoms with E-state index < -0.39 is 0 Å². The largest absolute Gasteiger partial charge is 0.465 e. The summed E-state index contributed by atoms with van der Waals surface area (Å²) in [5.41, 5.74) is 0.440. The predicted octanol–water partition coefficient (Wildman–Crippen LogP) is 0.779. The fourth-order valence-electron chi connectivity index (χ4n) is 1.81. The lowest BCUT2D eigenvalue weighted by molar-refractivity contribution is -0.143. The standard InChI is InChI=1S/C11H13BrN4O3/c1-3-7-5-8(17)16-11(13-10(12)14-16)15(7)6-9(18)19-4-2/h5H,3-4,6H2,1-2H3. The van der Waals surface area contributed by atoms with Gasteiger partial charge in [-0.2, -0.15) is 9.50 Å². The van der Waals surface area contributed by atoms with Crippen LogP contribution in [0.5, 0.6) is 0 Å². The fourth-order valence-corrected chi connectivity index (χ4v) is 2.13. The number of rotatable bonds is 4. The molecule has 0 aliphatic heterocycles. The van der Waals surface area contributed by atoms with Crippen LogP contribution in [0.1, 0.15) is 19.5 Å². The van der Waals surface area contributed by atoms with Crippen molar-refractivity contribution >= 4 is 27.7 Å². The van der Waals surface area contributed by atoms with Crippen LogP contribution < -0.4 is 5.56 Å². The molecule has 102 valence electrons. The van der Waals surface area contributed by atoms with Crippen molar-refractivity contribution in [2.45, 2.75) is 26.8 Å². The minimum absolute atomic E-state index is 0.00588. The highest BCUT2D eigenvalue weighted by Crippen LogP contribution is 2.09. The number of nitrogens with zero attached hydrogens (tertiary/aromatic N) is 4. The molecule has 0 bridgehead atoms. The van der Waals surface area contributed by atoms with Crippen LogP contribution in [0.25, 0.3) is 5.78 Å². The molecule has 2 aromatic heterocycles. The Morgan fingerprint density at radius 2 is 2.21 bits per heavy atom. The minimum Gasteiger partial charge on any atom is -0.465 e. The molecule has 0 atom stereocenters. The van der Waals surface area contributed by atoms with E-state index in [1.54, 1.807) is 11.5 Å². The maximum Gasteiger partial charge on any atom is 0.326 e. The lowest BCUT2D eigenvalue weighted by Crippen LogP contribution is -2.24. The molecular weight excluding hydrogens is 316 g/mol. The summed E-state index contributed by atoms with van der Waals surface area (Å²) in [4.78, 5) is 27.6. The van der Waals surface area contributed by atoms with E-state index in [-0.39, 0.29) is 18.1 Å². The van der Waals surface area contributed by atoms with Crippen molar-refractivity contribution in [2.24, 2.45) is 0 Å². The molecule has 8 heteroatoms. The van der Waals surface area contributed by atoms with Crippen LogP contribution in [-0.2, 0) is 22.5 Å². The van der Waals surface area contributed by atoms with Gasteiger partial charge in [0.05, 0.1) is 6.61 Å². The molecular formula is C11H13BrN4O3. The quantitative estimate of drug-likeness (QED) is 0.775. The molecule has 7 nitrogen and oxygen atoms in total. The second-order valence-electron chi connectivity index (χ2n) is 3.81. The van der Waals surface area contributed by atoms with Crippen molar-refractivity contribution in [3.8, 4) is 0 Å². The molecule has 2 rings (SSSR count). The van der Waals surface area contributed by atoms with E-state index in [9.17, 15) is 9.59 Å². The Hall–Kier alpha value is -1.70. The Kier molecular flexibility index (Phi) is 3.98. The van der Waals surface area contributed by atoms with Gasteiger partial charge in [-0.1, -0.05) is 6.92 Å². The van der Waals surface area contributed by atoms with Crippen LogP contribution in [0.15, 0.2) is 15.6 Å². The minimum atomic E-state index is -0.373. The van der Waals surface area contributed by atoms with Gasteiger partial charge < -0.3 is 9.30 Å². The van der Waals surface area contributed by atoms with Gasteiger partial charge in [-0.15, -0.1) is 5.10 Å². The van der Waals surface area contributed by atoms with Gasteiger partial charge in [0.2, 0.25) is 10.5 Å². The first-order valence-corrected chi connectivity index (χ1v) is 6.66. The number of ether oxygens (including phenoxy) is 1. The van der Waals surface area contributed by atoms with Crippen molar-refractivity contribution in [1.82, 2.24) is 19.2 Å². The van der Waals surface area contributed by atoms with Gasteiger partial charge >= 0.3 is 5.97 Å². The average Bonchev–Trinajstić information content (AvgIpc) is 2.75. The third-order valence-corrected chi connectivity index (χ3v) is 2.94. The zero-order chi connectivity index (χ0) is 14.0. The molecule has 0 spiro atoms. The molecule has 0 saturated heterocycles. The maximum atomic E-state index is 11.8. The number of aromatic nitrogens is 4. The molecule has 0 aliphatic carbocycles. The molecule has 0 unspecified atom stereocenters. The molecule has 0 amide bonds. The zero-order valence-corrected chi connectivity index (χ0v) is 12.2. The van der Waals surface area contributed by atoms with Gasteiger partial charge in [-0.25, -0.2) is 0 Å². The average molecular weight is 329 g/mol. The summed E-state index contributed by atoms with van der Waals surface area (Å²) in [6.45, 7) is 3.96. The van der Waals surface area contributed by atoms with Gasteiger partial charge in [0, 0.05) is 11.8 Å². The number of hydrogen-bond donors (Lipinski definition) is 0. The highest BCUT2D eigenvalue weighted by molar-refractivity contribution is 9.10. The summed E-state index contributed by atoms with van der Waals surface area (Å²) in [5, 5.41) is 3.94. The van der Waals surface area contributed by atoms with Crippen LogP contribution in [0, 0.1) is 0 Å². The van der Waals surface area contributed by atoms with E-state index >= 15 is 0 Å². The number of carbonyl (C=O) groups excluding carboxylic acids is 1. The second-order valence-corrected chi connectivity index (χ2v) is 4.52. The first kappa shape index (κ1) is 13.7. The molecule has 0 saturated carbocycles. The van der Waals surface area contributed by atoms with Crippen molar-refractivity contribution in [2.75, 3.05) is 6.61 Å². The van der Waals surface area contributed by atoms with E-state index in [1.807, 2.05) is 6.92 Å². The van der Waals surface area contributed by atoms with E-state index in [0.29, 0.717) is 29.2 Å². The number of aryl methyl sites for hydroxylation is 1. The highest BCUT2D eigenvalue weighted by Gasteiger charge is 2.15. The normalized spacial score (nSPS) is 10.9. The van der Waals surface area contributed by atoms with Crippen LogP contribution >= 0.6 is 15.9 Å². The van der Waals surface area contributed by atoms with Gasteiger partial charge in [0.25, 0.3) is 5.56 Å². The molecule has 0 aromatic carbocycles. The van der Waals surface area contributed by atoms with Gasteiger partial charge in [-0.3, -0.25) is 9.59 Å². The number of hydrogen-bond acceptors (Lipinski definition) is 5. The number of carbonyl (C=O) groups is 1. The Morgan fingerprint density at radius 1 is 1.47 bits per heavy atom. The summed E-state index contributed by atoms with van der Waals surface area (Å²) in [5.74, 6) is -0.0499. The molecule has 2 heterocycles. The smallest absolute Gasteiger partial charge is 0.326 e. The van der Waals surface area contributed by atoms with Crippen molar-refractivity contribution in [3.05, 3.63) is 26.8 Å². The third-order valence-electron chi connectivity index (χ3n) is 2.61. The second kappa shape index (κ2) is 5.52. The van der Waals surface area contributed by atoms with Gasteiger partial charge in [0.15, 0.2) is 0 Å². The summed E-state index contributed by atoms with van der Waals surface area (Å²) in [7, 11) is 0. The Labute approximate surface area is 117 Å². The Balaban J connectivity index is 2.59. The summed E-state index contributed by atoms with van der Waals surface area (Å²) < 4.78 is 8.02. The van der Waals surface area contributed by atoms with Crippen LogP contribution in [0.2, 0.25) is 0 Å². The third kappa shape index (κ3) is 2.67. The topological polar surface area (TPSA) is 78.5 Å². The van der Waals surface area contributed by atoms with Crippen molar-refractivity contribution in [3.63, 3.8) is 0 Å². The maximum absolute atomic E-state index is 11.8. The van der Waals surface area contributed by atoms with E-state index in [2.05, 4.69) is 26.0 Å². The molecule has 0 fully saturated rings. The SMILES string of the molecule is CCOC(=O)Cn1c(CC)cc(=O)n2nc(Br)nc12. The summed E-state index contributed by atoms with van der Waals surface area (Å²) >= 11 is 3.12. The number of halogens is 1. The van der Waals surface area contributed by atoms with E-state index in [0.717, 1.165) is 4.52 Å². The lowest BCUT2D eigenvalue weighted by atomic mass is 10.3. The Morgan fingerprint density at radius 3 is 2.84 bits per heavy atom. The first-order chi connectivity index (χ1) is 9.06. The van der Waals surface area contributed by atoms with Gasteiger partial charge in [-0.05, 0) is 29.3 Å². The van der Waals surface area contributed by atoms with Crippen LogP contribution in [-0.4, -0.2) is 31.7 Å². The first-order valence-electron chi connectivity index (χ1n) is 5.87. The van der Waals surface area contributed by atoms with Crippen LogP contribution in [0.4, 0.5) is 0 Å². The lowest BCUT2D eigenvalue weighted by Gasteiger charge is -2.11. The van der Waals surface area contributed by atoms with Crippen LogP contribution in [0.3, 0.4) is 0 Å². The molecule has 0 aliphatic rings. The van der Waals surface area contributed by atoms with Gasteiger partial charge in [0.1, 0.15) is 6.54 Å². The zero-order valence-electron chi connectivity index (χ0n) is 10.6. The molecule has 0 radical (unpaired) electrons.